The third kappa shape index (κ3) is 4.21. The molecular weight excluding hydrogens is 375 g/mol. The molecule has 29 heavy (non-hydrogen) atoms. The summed E-state index contributed by atoms with van der Waals surface area (Å²) in [6.45, 7) is 3.97. The zero-order chi connectivity index (χ0) is 20.2. The predicted molar refractivity (Wildman–Crippen MR) is 105 cm³/mol. The molecule has 1 aliphatic rings. The van der Waals surface area contributed by atoms with Crippen LogP contribution >= 0.6 is 0 Å². The summed E-state index contributed by atoms with van der Waals surface area (Å²) in [5.41, 5.74) is 0.673. The van der Waals surface area contributed by atoms with Gasteiger partial charge in [0.1, 0.15) is 5.69 Å². The molecule has 1 fully saturated rings. The van der Waals surface area contributed by atoms with E-state index in [2.05, 4.69) is 15.1 Å². The average molecular weight is 396 g/mol. The van der Waals surface area contributed by atoms with Crippen molar-refractivity contribution in [2.45, 2.75) is 13.0 Å². The molecule has 7 nitrogen and oxygen atoms in total. The zero-order valence-corrected chi connectivity index (χ0v) is 16.0. The van der Waals surface area contributed by atoms with Gasteiger partial charge in [-0.1, -0.05) is 12.1 Å². The van der Waals surface area contributed by atoms with Gasteiger partial charge in [0.15, 0.2) is 29.2 Å². The van der Waals surface area contributed by atoms with E-state index < -0.39 is 11.9 Å². The van der Waals surface area contributed by atoms with Gasteiger partial charge >= 0.3 is 0 Å². The topological polar surface area (TPSA) is 71.7 Å². The van der Waals surface area contributed by atoms with Crippen molar-refractivity contribution in [2.24, 2.45) is 0 Å². The van der Waals surface area contributed by atoms with Crippen molar-refractivity contribution in [1.29, 1.82) is 0 Å². The first-order valence-electron chi connectivity index (χ1n) is 9.44. The van der Waals surface area contributed by atoms with Crippen LogP contribution < -0.4 is 9.64 Å². The van der Waals surface area contributed by atoms with Crippen LogP contribution in [0.5, 0.6) is 5.75 Å². The molecule has 3 heterocycles. The molecule has 0 spiro atoms. The lowest BCUT2D eigenvalue weighted by Crippen LogP contribution is -2.52. The molecule has 150 valence electrons. The maximum Gasteiger partial charge on any atom is 0.263 e. The van der Waals surface area contributed by atoms with Crippen LogP contribution in [0, 0.1) is 5.82 Å². The number of anilines is 1. The lowest BCUT2D eigenvalue weighted by Gasteiger charge is -2.36. The maximum atomic E-state index is 13.7. The van der Waals surface area contributed by atoms with Gasteiger partial charge in [-0.15, -0.1) is 10.2 Å². The average Bonchev–Trinajstić information content (AvgIpc) is 3.30. The number of aromatic nitrogens is 2. The minimum atomic E-state index is -0.758. The van der Waals surface area contributed by atoms with E-state index in [4.69, 9.17) is 9.15 Å². The van der Waals surface area contributed by atoms with Crippen LogP contribution in [0.2, 0.25) is 0 Å². The fraction of sp³-hybridized carbons (Fsp3) is 0.286. The Hall–Kier alpha value is -3.42. The minimum absolute atomic E-state index is 0.0823. The molecule has 1 amide bonds. The second kappa shape index (κ2) is 8.30. The Labute approximate surface area is 167 Å². The molecule has 0 saturated carbocycles. The van der Waals surface area contributed by atoms with Gasteiger partial charge < -0.3 is 19.0 Å². The number of benzene rings is 1. The molecule has 8 heteroatoms. The van der Waals surface area contributed by atoms with E-state index >= 15 is 0 Å². The Bertz CT molecular complexity index is 954. The van der Waals surface area contributed by atoms with Crippen molar-refractivity contribution in [3.8, 4) is 17.2 Å². The summed E-state index contributed by atoms with van der Waals surface area (Å²) in [7, 11) is 0. The highest BCUT2D eigenvalue weighted by molar-refractivity contribution is 5.81. The van der Waals surface area contributed by atoms with Gasteiger partial charge in [0.2, 0.25) is 0 Å². The van der Waals surface area contributed by atoms with Gasteiger partial charge in [-0.3, -0.25) is 4.79 Å². The van der Waals surface area contributed by atoms with Crippen LogP contribution in [-0.4, -0.2) is 53.3 Å². The molecular formula is C21H21FN4O3. The van der Waals surface area contributed by atoms with Gasteiger partial charge in [0.05, 0.1) is 6.26 Å². The Balaban J connectivity index is 1.33. The van der Waals surface area contributed by atoms with E-state index in [-0.39, 0.29) is 11.7 Å². The standard InChI is InChI=1S/C21H21FN4O3/c1-15(29-18-6-3-2-5-16(18)22)21(27)26-12-10-25(11-13-26)20-9-8-17(23-24-20)19-7-4-14-28-19/h2-9,14-15H,10-13H2,1H3/t15-/m0/s1. The number of halogens is 1. The number of amides is 1. The zero-order valence-electron chi connectivity index (χ0n) is 16.0. The molecule has 0 bridgehead atoms. The number of hydrogen-bond donors (Lipinski definition) is 0. The van der Waals surface area contributed by atoms with E-state index in [0.29, 0.717) is 37.6 Å². The largest absolute Gasteiger partial charge is 0.478 e. The fourth-order valence-corrected chi connectivity index (χ4v) is 3.24. The quantitative estimate of drug-likeness (QED) is 0.660. The molecule has 0 aliphatic carbocycles. The molecule has 0 N–H and O–H groups in total. The van der Waals surface area contributed by atoms with Crippen LogP contribution in [-0.2, 0) is 4.79 Å². The summed E-state index contributed by atoms with van der Waals surface area (Å²) in [4.78, 5) is 16.5. The van der Waals surface area contributed by atoms with Crippen LogP contribution in [0.1, 0.15) is 6.92 Å². The summed E-state index contributed by atoms with van der Waals surface area (Å²) < 4.78 is 24.6. The summed E-state index contributed by atoms with van der Waals surface area (Å²) in [5.74, 6) is 0.867. The molecule has 3 aromatic rings. The van der Waals surface area contributed by atoms with Crippen LogP contribution in [0.25, 0.3) is 11.5 Å². The Kier molecular flexibility index (Phi) is 5.41. The van der Waals surface area contributed by atoms with Crippen LogP contribution in [0.15, 0.2) is 59.2 Å². The summed E-state index contributed by atoms with van der Waals surface area (Å²) in [6.07, 6.45) is 0.837. The van der Waals surface area contributed by atoms with E-state index in [9.17, 15) is 9.18 Å². The number of para-hydroxylation sites is 1. The van der Waals surface area contributed by atoms with Crippen molar-refractivity contribution in [3.63, 3.8) is 0 Å². The molecule has 4 rings (SSSR count). The number of furan rings is 1. The highest BCUT2D eigenvalue weighted by Gasteiger charge is 2.27. The summed E-state index contributed by atoms with van der Waals surface area (Å²) in [6, 6.07) is 13.5. The lowest BCUT2D eigenvalue weighted by atomic mass is 10.2. The number of carbonyl (C=O) groups excluding carboxylic acids is 1. The number of carbonyl (C=O) groups is 1. The summed E-state index contributed by atoms with van der Waals surface area (Å²) >= 11 is 0. The molecule has 2 aromatic heterocycles. The SMILES string of the molecule is C[C@H](Oc1ccccc1F)C(=O)N1CCN(c2ccc(-c3ccco3)nn2)CC1. The van der Waals surface area contributed by atoms with Gasteiger partial charge in [0.25, 0.3) is 5.91 Å². The van der Waals surface area contributed by atoms with E-state index in [1.54, 1.807) is 36.3 Å². The van der Waals surface area contributed by atoms with Crippen LogP contribution in [0.3, 0.4) is 0 Å². The summed E-state index contributed by atoms with van der Waals surface area (Å²) in [5, 5.41) is 8.49. The highest BCUT2D eigenvalue weighted by atomic mass is 19.1. The van der Waals surface area contributed by atoms with Crippen molar-refractivity contribution in [1.82, 2.24) is 15.1 Å². The Morgan fingerprint density at radius 1 is 1.07 bits per heavy atom. The first-order chi connectivity index (χ1) is 14.1. The fourth-order valence-electron chi connectivity index (χ4n) is 3.24. The first-order valence-corrected chi connectivity index (χ1v) is 9.44. The number of nitrogens with zero attached hydrogens (tertiary/aromatic N) is 4. The van der Waals surface area contributed by atoms with Gasteiger partial charge in [-0.2, -0.15) is 0 Å². The van der Waals surface area contributed by atoms with Crippen LogP contribution in [0.4, 0.5) is 10.2 Å². The molecule has 1 saturated heterocycles. The first kappa shape index (κ1) is 18.9. The lowest BCUT2D eigenvalue weighted by molar-refractivity contribution is -0.138. The predicted octanol–water partition coefficient (Wildman–Crippen LogP) is 2.99. The molecule has 0 unspecified atom stereocenters. The molecule has 0 radical (unpaired) electrons. The molecule has 1 aromatic carbocycles. The molecule has 1 atom stereocenters. The minimum Gasteiger partial charge on any atom is -0.478 e. The number of rotatable bonds is 5. The Morgan fingerprint density at radius 3 is 2.52 bits per heavy atom. The van der Waals surface area contributed by atoms with Gasteiger partial charge in [0, 0.05) is 26.2 Å². The normalized spacial score (nSPS) is 15.2. The monoisotopic (exact) mass is 396 g/mol. The second-order valence-electron chi connectivity index (χ2n) is 6.76. The number of hydrogen-bond acceptors (Lipinski definition) is 6. The highest BCUT2D eigenvalue weighted by Crippen LogP contribution is 2.21. The van der Waals surface area contributed by atoms with Gasteiger partial charge in [-0.25, -0.2) is 4.39 Å². The third-order valence-corrected chi connectivity index (χ3v) is 4.83. The van der Waals surface area contributed by atoms with E-state index in [1.807, 2.05) is 18.2 Å². The van der Waals surface area contributed by atoms with Gasteiger partial charge in [-0.05, 0) is 43.3 Å². The van der Waals surface area contributed by atoms with Crippen molar-refractivity contribution < 1.29 is 18.3 Å². The smallest absolute Gasteiger partial charge is 0.263 e. The Morgan fingerprint density at radius 2 is 1.86 bits per heavy atom. The maximum absolute atomic E-state index is 13.7. The molecule has 1 aliphatic heterocycles. The van der Waals surface area contributed by atoms with E-state index in [1.165, 1.54) is 12.1 Å². The number of ether oxygens (including phenoxy) is 1. The third-order valence-electron chi connectivity index (χ3n) is 4.83. The van der Waals surface area contributed by atoms with Crippen molar-refractivity contribution >= 4 is 11.7 Å². The van der Waals surface area contributed by atoms with Crippen molar-refractivity contribution in [2.75, 3.05) is 31.1 Å². The second-order valence-corrected chi connectivity index (χ2v) is 6.76. The van der Waals surface area contributed by atoms with E-state index in [0.717, 1.165) is 5.82 Å². The number of piperazine rings is 1. The van der Waals surface area contributed by atoms with Crippen molar-refractivity contribution in [3.05, 3.63) is 60.6 Å².